The maximum absolute atomic E-state index is 12.2. The number of hydrogen-bond acceptors (Lipinski definition) is 12. The zero-order chi connectivity index (χ0) is 24.8. The highest BCUT2D eigenvalue weighted by molar-refractivity contribution is 8.76. The van der Waals surface area contributed by atoms with Crippen molar-refractivity contribution in [2.75, 3.05) is 12.2 Å². The first-order valence-electron chi connectivity index (χ1n) is 8.81. The quantitative estimate of drug-likeness (QED) is 0.0867. The van der Waals surface area contributed by atoms with Gasteiger partial charge in [-0.05, 0) is 18.8 Å². The van der Waals surface area contributed by atoms with Gasteiger partial charge in [-0.25, -0.2) is 18.5 Å². The number of carbonyl (C=O) groups excluding carboxylic acids is 1. The molecule has 1 saturated carbocycles. The summed E-state index contributed by atoms with van der Waals surface area (Å²) < 4.78 is 58.3. The van der Waals surface area contributed by atoms with Crippen molar-refractivity contribution in [1.82, 2.24) is 10.2 Å². The molecule has 7 atom stereocenters. The zero-order valence-corrected chi connectivity index (χ0v) is 21.1. The Morgan fingerprint density at radius 2 is 1.91 bits per heavy atom. The second kappa shape index (κ2) is 9.81. The Labute approximate surface area is 194 Å². The fraction of sp³-hybridized carbons (Fsp3) is 0.750. The van der Waals surface area contributed by atoms with Crippen LogP contribution in [0.1, 0.15) is 13.3 Å². The lowest BCUT2D eigenvalue weighted by atomic mass is 10.2. The number of urea groups is 1. The van der Waals surface area contributed by atoms with Gasteiger partial charge in [0.25, 0.3) is 0 Å². The maximum atomic E-state index is 12.2. The summed E-state index contributed by atoms with van der Waals surface area (Å²) in [6.07, 6.45) is -1.22. The van der Waals surface area contributed by atoms with Crippen LogP contribution in [-0.4, -0.2) is 78.1 Å². The first kappa shape index (κ1) is 27.6. The molecular weight excluding hydrogens is 553 g/mol. The van der Waals surface area contributed by atoms with Gasteiger partial charge in [-0.1, -0.05) is 21.6 Å². The van der Waals surface area contributed by atoms with Gasteiger partial charge in [0.2, 0.25) is 0 Å². The van der Waals surface area contributed by atoms with Crippen LogP contribution in [0.3, 0.4) is 0 Å². The molecule has 1 saturated heterocycles. The summed E-state index contributed by atoms with van der Waals surface area (Å²) in [5.74, 6) is 0.0871. The van der Waals surface area contributed by atoms with E-state index in [4.69, 9.17) is 23.8 Å². The average Bonchev–Trinajstić information content (AvgIpc) is 3.00. The van der Waals surface area contributed by atoms with Crippen LogP contribution in [0.2, 0.25) is 0 Å². The highest BCUT2D eigenvalue weighted by atomic mass is 33.1. The van der Waals surface area contributed by atoms with Crippen molar-refractivity contribution < 1.29 is 65.8 Å². The van der Waals surface area contributed by atoms with Crippen molar-refractivity contribution in [2.24, 2.45) is 0 Å². The van der Waals surface area contributed by atoms with Gasteiger partial charge < -0.3 is 39.5 Å². The smallest absolute Gasteiger partial charge is 0.370 e. The topological polar surface area (TPSA) is 231 Å². The number of phosphoric ester groups is 1. The van der Waals surface area contributed by atoms with Crippen LogP contribution in [0.5, 0.6) is 0 Å². The molecule has 0 bridgehead atoms. The minimum atomic E-state index is -5.68. The van der Waals surface area contributed by atoms with Crippen molar-refractivity contribution in [1.29, 1.82) is 0 Å². The maximum Gasteiger partial charge on any atom is 0.490 e. The number of carbonyl (C=O) groups is 1. The molecule has 0 radical (unpaired) electrons. The lowest BCUT2D eigenvalue weighted by Crippen LogP contribution is -2.52. The zero-order valence-electron chi connectivity index (χ0n) is 16.8. The molecule has 0 spiro atoms. The Morgan fingerprint density at radius 3 is 2.52 bits per heavy atom. The van der Waals surface area contributed by atoms with Crippen LogP contribution < -0.4 is 5.32 Å². The SMILES string of the molecule is CSSCO[C@@]12C[C@H](N3C=C(C)C(O)NC3=O)O[C@@H]1C2OP(=O)(O)OP(=O)(O)OP(=O)(O)O. The molecule has 2 heterocycles. The van der Waals surface area contributed by atoms with Crippen LogP contribution in [-0.2, 0) is 36.3 Å². The molecule has 0 aromatic rings. The van der Waals surface area contributed by atoms with Gasteiger partial charge in [0, 0.05) is 12.6 Å². The lowest BCUT2D eigenvalue weighted by molar-refractivity contribution is -0.0372. The molecule has 190 valence electrons. The van der Waals surface area contributed by atoms with E-state index in [9.17, 15) is 33.4 Å². The molecule has 2 aliphatic heterocycles. The van der Waals surface area contributed by atoms with E-state index in [1.165, 1.54) is 32.7 Å². The number of hydrogen-bond donors (Lipinski definition) is 6. The monoisotopic (exact) mass is 574 g/mol. The van der Waals surface area contributed by atoms with Gasteiger partial charge in [0.1, 0.15) is 30.0 Å². The third kappa shape index (κ3) is 6.61. The molecule has 3 aliphatic rings. The molecule has 33 heavy (non-hydrogen) atoms. The highest BCUT2D eigenvalue weighted by Gasteiger charge is 2.76. The van der Waals surface area contributed by atoms with Crippen molar-refractivity contribution in [2.45, 2.75) is 43.6 Å². The van der Waals surface area contributed by atoms with Crippen molar-refractivity contribution in [3.8, 4) is 0 Å². The number of fused-ring (bicyclic) bond motifs is 1. The van der Waals surface area contributed by atoms with Gasteiger partial charge in [-0.3, -0.25) is 9.42 Å². The van der Waals surface area contributed by atoms with Crippen LogP contribution in [0.25, 0.3) is 0 Å². The summed E-state index contributed by atoms with van der Waals surface area (Å²) in [5, 5.41) is 12.0. The predicted molar refractivity (Wildman–Crippen MR) is 112 cm³/mol. The van der Waals surface area contributed by atoms with E-state index in [-0.39, 0.29) is 12.4 Å². The number of phosphoric acid groups is 3. The largest absolute Gasteiger partial charge is 0.490 e. The fourth-order valence-electron chi connectivity index (χ4n) is 3.28. The Kier molecular flexibility index (Phi) is 8.20. The Bertz CT molecular complexity index is 962. The van der Waals surface area contributed by atoms with E-state index >= 15 is 0 Å². The van der Waals surface area contributed by atoms with Gasteiger partial charge >= 0.3 is 29.5 Å². The lowest BCUT2D eigenvalue weighted by Gasteiger charge is -2.33. The summed E-state index contributed by atoms with van der Waals surface area (Å²) in [7, 11) is -14.0. The van der Waals surface area contributed by atoms with Crippen LogP contribution in [0.15, 0.2) is 11.8 Å². The summed E-state index contributed by atoms with van der Waals surface area (Å²) in [4.78, 5) is 49.7. The van der Waals surface area contributed by atoms with Gasteiger partial charge in [-0.2, -0.15) is 8.62 Å². The molecule has 3 rings (SSSR count). The minimum Gasteiger partial charge on any atom is -0.370 e. The van der Waals surface area contributed by atoms with Crippen molar-refractivity contribution in [3.63, 3.8) is 0 Å². The number of nitrogens with zero attached hydrogens (tertiary/aromatic N) is 1. The highest BCUT2D eigenvalue weighted by Crippen LogP contribution is 2.69. The Balaban J connectivity index is 1.71. The van der Waals surface area contributed by atoms with Gasteiger partial charge in [-0.15, -0.1) is 0 Å². The Morgan fingerprint density at radius 1 is 1.24 bits per heavy atom. The second-order valence-electron chi connectivity index (χ2n) is 6.97. The third-order valence-corrected chi connectivity index (χ3v) is 9.93. The number of aliphatic hydroxyl groups is 1. The molecule has 2 amide bonds. The summed E-state index contributed by atoms with van der Waals surface area (Å²) in [5.41, 5.74) is -0.909. The molecule has 0 aromatic heterocycles. The van der Waals surface area contributed by atoms with Gasteiger partial charge in [0.05, 0.1) is 0 Å². The van der Waals surface area contributed by atoms with Crippen LogP contribution in [0.4, 0.5) is 4.79 Å². The van der Waals surface area contributed by atoms with Gasteiger partial charge in [0.15, 0.2) is 6.23 Å². The first-order valence-corrected chi connectivity index (χ1v) is 16.1. The number of amides is 2. The Hall–Kier alpha value is -0.0000000000000000971. The summed E-state index contributed by atoms with van der Waals surface area (Å²) in [6, 6.07) is -0.655. The van der Waals surface area contributed by atoms with Crippen LogP contribution in [0, 0.1) is 0 Å². The number of ether oxygens (including phenoxy) is 2. The number of rotatable bonds is 11. The fourth-order valence-corrected chi connectivity index (χ4v) is 7.32. The molecule has 6 N–H and O–H groups in total. The molecular formula is C12H21N2O14P3S2. The summed E-state index contributed by atoms with van der Waals surface area (Å²) in [6.45, 7) is 1.58. The summed E-state index contributed by atoms with van der Waals surface area (Å²) >= 11 is 0. The molecule has 1 aliphatic carbocycles. The predicted octanol–water partition coefficient (Wildman–Crippen LogP) is 0.798. The van der Waals surface area contributed by atoms with Crippen LogP contribution >= 0.6 is 45.1 Å². The van der Waals surface area contributed by atoms with E-state index in [1.54, 1.807) is 13.2 Å². The molecule has 4 unspecified atom stereocenters. The third-order valence-electron chi connectivity index (χ3n) is 4.66. The van der Waals surface area contributed by atoms with E-state index in [0.29, 0.717) is 5.57 Å². The normalized spacial score (nSPS) is 35.3. The standard InChI is InChI=1S/C12H21N2O14P3S2/c1-6-4-14(11(16)13-10(6)15)7-3-12(24-5-33-32-2)8(25-7)9(12)26-30(20,21)28-31(22,23)27-29(17,18)19/h4,7-10,15H,3,5H2,1-2H3,(H,13,16)(H,20,21)(H,22,23)(H2,17,18,19)/t7-,8-,9?,10?,12+/m1/s1. The first-order chi connectivity index (χ1) is 15.1. The van der Waals surface area contributed by atoms with Crippen molar-refractivity contribution >= 4 is 51.1 Å². The molecule has 21 heteroatoms. The number of nitrogens with one attached hydrogen (secondary N) is 1. The molecule has 2 fully saturated rings. The minimum absolute atomic E-state index is 0.0413. The van der Waals surface area contributed by atoms with E-state index in [2.05, 4.69) is 13.9 Å². The molecule has 0 aromatic carbocycles. The van der Waals surface area contributed by atoms with Crippen molar-refractivity contribution in [3.05, 3.63) is 11.8 Å². The molecule has 16 nitrogen and oxygen atoms in total. The van der Waals surface area contributed by atoms with E-state index < -0.39 is 59.8 Å². The second-order valence-corrected chi connectivity index (χ2v) is 13.9. The average molecular weight is 574 g/mol. The number of aliphatic hydroxyl groups excluding tert-OH is 1. The van der Waals surface area contributed by atoms with E-state index in [1.807, 2.05) is 0 Å². The van der Waals surface area contributed by atoms with E-state index in [0.717, 1.165) is 0 Å².